The second-order valence-corrected chi connectivity index (χ2v) is 6.55. The summed E-state index contributed by atoms with van der Waals surface area (Å²) in [7, 11) is 5.51. The first-order valence-corrected chi connectivity index (χ1v) is 8.45. The number of rotatable bonds is 6. The first-order valence-electron chi connectivity index (χ1n) is 8.45. The van der Waals surface area contributed by atoms with Crippen molar-refractivity contribution in [2.75, 3.05) is 60.6 Å². The molecule has 2 saturated heterocycles. The third kappa shape index (κ3) is 7.10. The molecule has 2 aliphatic heterocycles. The van der Waals surface area contributed by atoms with Crippen molar-refractivity contribution in [3.05, 3.63) is 0 Å². The maximum atomic E-state index is 11.8. The van der Waals surface area contributed by atoms with Gasteiger partial charge < -0.3 is 24.6 Å². The van der Waals surface area contributed by atoms with Gasteiger partial charge >= 0.3 is 0 Å². The van der Waals surface area contributed by atoms with E-state index in [1.807, 2.05) is 7.05 Å². The fourth-order valence-electron chi connectivity index (χ4n) is 2.81. The number of hydrogen-bond donors (Lipinski definition) is 1. The summed E-state index contributed by atoms with van der Waals surface area (Å²) in [6.45, 7) is 4.26. The van der Waals surface area contributed by atoms with Gasteiger partial charge in [0.2, 0.25) is 5.91 Å². The summed E-state index contributed by atoms with van der Waals surface area (Å²) in [5.41, 5.74) is 0. The number of carbonyl (C=O) groups is 1. The summed E-state index contributed by atoms with van der Waals surface area (Å²) in [6, 6.07) is 0. The lowest BCUT2D eigenvalue weighted by Gasteiger charge is -2.26. The molecule has 0 saturated carbocycles. The highest BCUT2D eigenvalue weighted by molar-refractivity contribution is 14.0. The molecule has 2 heterocycles. The summed E-state index contributed by atoms with van der Waals surface area (Å²) < 4.78 is 11.1. The lowest BCUT2D eigenvalue weighted by molar-refractivity contribution is -0.127. The second kappa shape index (κ2) is 11.1. The minimum absolute atomic E-state index is 0. The molecule has 0 radical (unpaired) electrons. The predicted molar refractivity (Wildman–Crippen MR) is 105 cm³/mol. The van der Waals surface area contributed by atoms with E-state index in [0.29, 0.717) is 5.92 Å². The Hall–Kier alpha value is -0.610. The highest BCUT2D eigenvalue weighted by Gasteiger charge is 2.21. The molecule has 2 aliphatic rings. The number of nitrogens with one attached hydrogen (secondary N) is 1. The van der Waals surface area contributed by atoms with Crippen LogP contribution in [0, 0.1) is 5.92 Å². The zero-order chi connectivity index (χ0) is 16.7. The third-order valence-corrected chi connectivity index (χ3v) is 4.29. The molecule has 0 spiro atoms. The van der Waals surface area contributed by atoms with Crippen molar-refractivity contribution in [3.63, 3.8) is 0 Å². The molecule has 2 atom stereocenters. The fourth-order valence-corrected chi connectivity index (χ4v) is 2.81. The maximum absolute atomic E-state index is 11.8. The molecule has 0 bridgehead atoms. The molecule has 2 unspecified atom stereocenters. The van der Waals surface area contributed by atoms with Crippen LogP contribution in [0.1, 0.15) is 19.3 Å². The first kappa shape index (κ1) is 21.4. The summed E-state index contributed by atoms with van der Waals surface area (Å²) in [4.78, 5) is 20.0. The van der Waals surface area contributed by atoms with E-state index in [-0.39, 0.29) is 42.5 Å². The quantitative estimate of drug-likeness (QED) is 0.365. The van der Waals surface area contributed by atoms with Gasteiger partial charge in [-0.2, -0.15) is 0 Å². The number of amides is 1. The van der Waals surface area contributed by atoms with Crippen LogP contribution in [0.2, 0.25) is 0 Å². The number of ether oxygens (including phenoxy) is 2. The Labute approximate surface area is 162 Å². The molecule has 0 aromatic carbocycles. The van der Waals surface area contributed by atoms with Crippen LogP contribution in [0.25, 0.3) is 0 Å². The Bertz CT molecular complexity index is 408. The number of carbonyl (C=O) groups excluding carboxylic acids is 1. The second-order valence-electron chi connectivity index (χ2n) is 6.55. The van der Waals surface area contributed by atoms with Crippen LogP contribution in [0.5, 0.6) is 0 Å². The zero-order valence-corrected chi connectivity index (χ0v) is 17.3. The summed E-state index contributed by atoms with van der Waals surface area (Å²) in [6.07, 6.45) is 3.53. The van der Waals surface area contributed by atoms with Gasteiger partial charge in [-0.1, -0.05) is 0 Å². The molecular formula is C16H31IN4O3. The monoisotopic (exact) mass is 454 g/mol. The van der Waals surface area contributed by atoms with Gasteiger partial charge in [0.05, 0.1) is 12.7 Å². The number of guanidine groups is 1. The summed E-state index contributed by atoms with van der Waals surface area (Å²) in [5, 5.41) is 3.37. The molecule has 24 heavy (non-hydrogen) atoms. The lowest BCUT2D eigenvalue weighted by atomic mass is 10.1. The van der Waals surface area contributed by atoms with Gasteiger partial charge in [0.1, 0.15) is 6.54 Å². The Morgan fingerprint density at radius 1 is 1.25 bits per heavy atom. The normalized spacial score (nSPS) is 23.7. The summed E-state index contributed by atoms with van der Waals surface area (Å²) in [5.74, 6) is 1.29. The van der Waals surface area contributed by atoms with Crippen LogP contribution in [0.4, 0.5) is 0 Å². The van der Waals surface area contributed by atoms with E-state index >= 15 is 0 Å². The van der Waals surface area contributed by atoms with Crippen LogP contribution in [-0.4, -0.2) is 88.4 Å². The van der Waals surface area contributed by atoms with Crippen LogP contribution >= 0.6 is 24.0 Å². The SMILES string of the molecule is CN(C)C(=O)CN=C(NCC1CCCO1)N(C)CC1CCOC1.I. The topological polar surface area (TPSA) is 66.4 Å². The minimum atomic E-state index is -0.000911. The number of hydrogen-bond acceptors (Lipinski definition) is 4. The van der Waals surface area contributed by atoms with Crippen LogP contribution in [0.3, 0.4) is 0 Å². The highest BCUT2D eigenvalue weighted by atomic mass is 127. The van der Waals surface area contributed by atoms with Crippen molar-refractivity contribution in [3.8, 4) is 0 Å². The number of halogens is 1. The van der Waals surface area contributed by atoms with E-state index in [1.54, 1.807) is 19.0 Å². The van der Waals surface area contributed by atoms with Crippen LogP contribution < -0.4 is 5.32 Å². The Balaban J connectivity index is 0.00000288. The molecule has 8 heteroatoms. The molecule has 1 amide bonds. The van der Waals surface area contributed by atoms with Gasteiger partial charge in [-0.05, 0) is 19.3 Å². The fraction of sp³-hybridized carbons (Fsp3) is 0.875. The van der Waals surface area contributed by atoms with E-state index in [4.69, 9.17) is 9.47 Å². The van der Waals surface area contributed by atoms with Crippen molar-refractivity contribution in [2.24, 2.45) is 10.9 Å². The first-order chi connectivity index (χ1) is 11.1. The number of aliphatic imine (C=N–C) groups is 1. The van der Waals surface area contributed by atoms with Crippen molar-refractivity contribution < 1.29 is 14.3 Å². The Kier molecular flexibility index (Phi) is 9.91. The van der Waals surface area contributed by atoms with Crippen molar-refractivity contribution >= 4 is 35.8 Å². The Morgan fingerprint density at radius 2 is 2.04 bits per heavy atom. The molecule has 2 fully saturated rings. The predicted octanol–water partition coefficient (Wildman–Crippen LogP) is 0.786. The van der Waals surface area contributed by atoms with Gasteiger partial charge in [-0.15, -0.1) is 24.0 Å². The van der Waals surface area contributed by atoms with E-state index in [9.17, 15) is 4.79 Å². The van der Waals surface area contributed by atoms with Gasteiger partial charge in [0, 0.05) is 53.4 Å². The highest BCUT2D eigenvalue weighted by Crippen LogP contribution is 2.14. The molecule has 2 rings (SSSR count). The maximum Gasteiger partial charge on any atom is 0.243 e. The van der Waals surface area contributed by atoms with E-state index in [0.717, 1.165) is 58.1 Å². The number of nitrogens with zero attached hydrogens (tertiary/aromatic N) is 3. The molecule has 1 N–H and O–H groups in total. The average Bonchev–Trinajstić information content (AvgIpc) is 3.20. The Morgan fingerprint density at radius 3 is 2.62 bits per heavy atom. The molecular weight excluding hydrogens is 423 g/mol. The molecule has 0 aromatic heterocycles. The van der Waals surface area contributed by atoms with Gasteiger partial charge in [0.15, 0.2) is 5.96 Å². The zero-order valence-electron chi connectivity index (χ0n) is 15.0. The van der Waals surface area contributed by atoms with E-state index in [1.165, 1.54) is 0 Å². The summed E-state index contributed by atoms with van der Waals surface area (Å²) >= 11 is 0. The standard InChI is InChI=1S/C16H30N4O3.HI/c1-19(2)15(21)10-18-16(17-9-14-5-4-7-23-14)20(3)11-13-6-8-22-12-13;/h13-14H,4-12H2,1-3H3,(H,17,18);1H. The average molecular weight is 454 g/mol. The third-order valence-electron chi connectivity index (χ3n) is 4.29. The van der Waals surface area contributed by atoms with Crippen LogP contribution in [0.15, 0.2) is 4.99 Å². The molecule has 140 valence electrons. The van der Waals surface area contributed by atoms with Gasteiger partial charge in [-0.25, -0.2) is 4.99 Å². The largest absolute Gasteiger partial charge is 0.381 e. The minimum Gasteiger partial charge on any atom is -0.381 e. The molecule has 0 aromatic rings. The van der Waals surface area contributed by atoms with E-state index < -0.39 is 0 Å². The lowest BCUT2D eigenvalue weighted by Crippen LogP contribution is -2.44. The smallest absolute Gasteiger partial charge is 0.243 e. The molecule has 0 aliphatic carbocycles. The van der Waals surface area contributed by atoms with Crippen LogP contribution in [-0.2, 0) is 14.3 Å². The van der Waals surface area contributed by atoms with Gasteiger partial charge in [0.25, 0.3) is 0 Å². The van der Waals surface area contributed by atoms with E-state index in [2.05, 4.69) is 15.2 Å². The van der Waals surface area contributed by atoms with Crippen molar-refractivity contribution in [1.82, 2.24) is 15.1 Å². The molecule has 7 nitrogen and oxygen atoms in total. The number of likely N-dealkylation sites (N-methyl/N-ethyl adjacent to an activating group) is 1. The van der Waals surface area contributed by atoms with Crippen molar-refractivity contribution in [1.29, 1.82) is 0 Å². The van der Waals surface area contributed by atoms with Crippen molar-refractivity contribution in [2.45, 2.75) is 25.4 Å². The van der Waals surface area contributed by atoms with Gasteiger partial charge in [-0.3, -0.25) is 4.79 Å².